The minimum absolute atomic E-state index is 0.0701. The largest absolute Gasteiger partial charge is 0.378 e. The van der Waals surface area contributed by atoms with Gasteiger partial charge in [-0.05, 0) is 20.4 Å². The molecule has 66 valence electrons. The van der Waals surface area contributed by atoms with Crippen molar-refractivity contribution in [2.24, 2.45) is 5.41 Å². The lowest BCUT2D eigenvalue weighted by molar-refractivity contribution is -0.179. The summed E-state index contributed by atoms with van der Waals surface area (Å²) in [6.07, 6.45) is 1.12. The van der Waals surface area contributed by atoms with Crippen molar-refractivity contribution in [1.82, 2.24) is 5.32 Å². The lowest BCUT2D eigenvalue weighted by Gasteiger charge is -2.59. The molecule has 1 N–H and O–H groups in total. The van der Waals surface area contributed by atoms with Gasteiger partial charge in [0, 0.05) is 18.6 Å². The number of methoxy groups -OCH3 is 1. The fraction of sp³-hybridized carbons (Fsp3) is 1.00. The molecule has 0 heterocycles. The molecule has 11 heavy (non-hydrogen) atoms. The molecule has 1 aliphatic rings. The highest BCUT2D eigenvalue weighted by Gasteiger charge is 2.56. The zero-order valence-corrected chi connectivity index (χ0v) is 8.19. The van der Waals surface area contributed by atoms with E-state index in [1.807, 2.05) is 7.05 Å². The second-order valence-corrected chi connectivity index (χ2v) is 4.20. The minimum Gasteiger partial charge on any atom is -0.378 e. The summed E-state index contributed by atoms with van der Waals surface area (Å²) < 4.78 is 5.48. The van der Waals surface area contributed by atoms with Crippen molar-refractivity contribution in [2.45, 2.75) is 38.8 Å². The first kappa shape index (κ1) is 9.01. The van der Waals surface area contributed by atoms with Crippen LogP contribution in [-0.4, -0.2) is 25.8 Å². The molecule has 0 spiro atoms. The van der Waals surface area contributed by atoms with E-state index in [-0.39, 0.29) is 11.0 Å². The van der Waals surface area contributed by atoms with E-state index >= 15 is 0 Å². The van der Waals surface area contributed by atoms with Gasteiger partial charge in [0.25, 0.3) is 0 Å². The molecule has 0 aromatic heterocycles. The predicted molar refractivity (Wildman–Crippen MR) is 46.7 cm³/mol. The van der Waals surface area contributed by atoms with Gasteiger partial charge in [0.2, 0.25) is 0 Å². The third-order valence-corrected chi connectivity index (χ3v) is 3.63. The molecule has 1 fully saturated rings. The van der Waals surface area contributed by atoms with Crippen LogP contribution in [0.5, 0.6) is 0 Å². The molecule has 0 bridgehead atoms. The van der Waals surface area contributed by atoms with E-state index in [2.05, 4.69) is 26.1 Å². The quantitative estimate of drug-likeness (QED) is 0.654. The Balaban J connectivity index is 2.67. The van der Waals surface area contributed by atoms with Crippen molar-refractivity contribution < 1.29 is 4.74 Å². The summed E-state index contributed by atoms with van der Waals surface area (Å²) in [5.74, 6) is 0. The summed E-state index contributed by atoms with van der Waals surface area (Å²) in [6, 6.07) is 0.604. The molecule has 1 aliphatic carbocycles. The van der Waals surface area contributed by atoms with E-state index in [0.29, 0.717) is 6.04 Å². The lowest BCUT2D eigenvalue weighted by Crippen LogP contribution is -2.67. The molecular formula is C9H19NO. The Morgan fingerprint density at radius 2 is 1.91 bits per heavy atom. The van der Waals surface area contributed by atoms with Crippen molar-refractivity contribution in [3.8, 4) is 0 Å². The predicted octanol–water partition coefficient (Wildman–Crippen LogP) is 1.41. The molecule has 0 aromatic carbocycles. The molecule has 2 nitrogen and oxygen atoms in total. The van der Waals surface area contributed by atoms with Gasteiger partial charge >= 0.3 is 0 Å². The Labute approximate surface area is 69.3 Å². The molecule has 0 aromatic rings. The molecule has 1 rings (SSSR count). The van der Waals surface area contributed by atoms with Gasteiger partial charge in [-0.3, -0.25) is 0 Å². The van der Waals surface area contributed by atoms with E-state index < -0.39 is 0 Å². The number of hydrogen-bond acceptors (Lipinski definition) is 2. The second kappa shape index (κ2) is 2.46. The van der Waals surface area contributed by atoms with Crippen LogP contribution < -0.4 is 5.32 Å². The van der Waals surface area contributed by atoms with Crippen molar-refractivity contribution in [2.75, 3.05) is 14.2 Å². The van der Waals surface area contributed by atoms with Crippen LogP contribution in [0.3, 0.4) is 0 Å². The van der Waals surface area contributed by atoms with Crippen LogP contribution in [-0.2, 0) is 4.74 Å². The summed E-state index contributed by atoms with van der Waals surface area (Å²) in [4.78, 5) is 0. The fourth-order valence-corrected chi connectivity index (χ4v) is 1.95. The first-order chi connectivity index (χ1) is 4.98. The normalized spacial score (nSPS) is 41.7. The molecular weight excluding hydrogens is 138 g/mol. The lowest BCUT2D eigenvalue weighted by atomic mass is 9.56. The van der Waals surface area contributed by atoms with Gasteiger partial charge in [-0.2, -0.15) is 0 Å². The van der Waals surface area contributed by atoms with Crippen molar-refractivity contribution >= 4 is 0 Å². The van der Waals surface area contributed by atoms with E-state index in [4.69, 9.17) is 4.74 Å². The Morgan fingerprint density at radius 1 is 1.36 bits per heavy atom. The average molecular weight is 157 g/mol. The molecule has 1 saturated carbocycles. The summed E-state index contributed by atoms with van der Waals surface area (Å²) >= 11 is 0. The van der Waals surface area contributed by atoms with Gasteiger partial charge in [0.15, 0.2) is 0 Å². The van der Waals surface area contributed by atoms with Crippen LogP contribution in [0.2, 0.25) is 0 Å². The van der Waals surface area contributed by atoms with Gasteiger partial charge in [0.1, 0.15) is 0 Å². The number of nitrogens with one attached hydrogen (secondary N) is 1. The number of hydrogen-bond donors (Lipinski definition) is 1. The number of rotatable bonds is 2. The third-order valence-electron chi connectivity index (χ3n) is 3.63. The average Bonchev–Trinajstić information content (AvgIpc) is 1.99. The van der Waals surface area contributed by atoms with Crippen LogP contribution in [0, 0.1) is 5.41 Å². The Hall–Kier alpha value is -0.0800. The SMILES string of the molecule is CN[C@H]1C[C@](C)(OC)C1(C)C. The zero-order chi connectivity index (χ0) is 8.70. The highest BCUT2D eigenvalue weighted by Crippen LogP contribution is 2.51. The summed E-state index contributed by atoms with van der Waals surface area (Å²) in [5, 5.41) is 3.30. The topological polar surface area (TPSA) is 21.3 Å². The first-order valence-electron chi connectivity index (χ1n) is 4.20. The first-order valence-corrected chi connectivity index (χ1v) is 4.20. The maximum Gasteiger partial charge on any atom is 0.0731 e. The molecule has 2 heteroatoms. The van der Waals surface area contributed by atoms with Crippen molar-refractivity contribution in [3.05, 3.63) is 0 Å². The Bertz CT molecular complexity index is 156. The van der Waals surface area contributed by atoms with Gasteiger partial charge < -0.3 is 10.1 Å². The Kier molecular flexibility index (Phi) is 2.01. The molecule has 0 unspecified atom stereocenters. The van der Waals surface area contributed by atoms with Crippen LogP contribution in [0.4, 0.5) is 0 Å². The summed E-state index contributed by atoms with van der Waals surface area (Å²) in [6.45, 7) is 6.68. The van der Waals surface area contributed by atoms with Gasteiger partial charge in [0.05, 0.1) is 5.60 Å². The van der Waals surface area contributed by atoms with E-state index in [1.165, 1.54) is 0 Å². The van der Waals surface area contributed by atoms with E-state index in [9.17, 15) is 0 Å². The minimum atomic E-state index is 0.0701. The Morgan fingerprint density at radius 3 is 2.18 bits per heavy atom. The molecule has 0 aliphatic heterocycles. The van der Waals surface area contributed by atoms with Crippen LogP contribution in [0.15, 0.2) is 0 Å². The van der Waals surface area contributed by atoms with Crippen LogP contribution >= 0.6 is 0 Å². The van der Waals surface area contributed by atoms with E-state index in [0.717, 1.165) is 6.42 Å². The molecule has 0 saturated heterocycles. The summed E-state index contributed by atoms with van der Waals surface area (Å²) in [5.41, 5.74) is 0.331. The highest BCUT2D eigenvalue weighted by atomic mass is 16.5. The maximum absolute atomic E-state index is 5.48. The molecule has 2 atom stereocenters. The van der Waals surface area contributed by atoms with Crippen LogP contribution in [0.1, 0.15) is 27.2 Å². The molecule has 0 radical (unpaired) electrons. The van der Waals surface area contributed by atoms with Crippen molar-refractivity contribution in [1.29, 1.82) is 0 Å². The van der Waals surface area contributed by atoms with Crippen LogP contribution in [0.25, 0.3) is 0 Å². The third kappa shape index (κ3) is 1.00. The second-order valence-electron chi connectivity index (χ2n) is 4.20. The van der Waals surface area contributed by atoms with Gasteiger partial charge in [-0.1, -0.05) is 13.8 Å². The monoisotopic (exact) mass is 157 g/mol. The highest BCUT2D eigenvalue weighted by molar-refractivity contribution is 5.10. The van der Waals surface area contributed by atoms with E-state index in [1.54, 1.807) is 7.11 Å². The van der Waals surface area contributed by atoms with Crippen molar-refractivity contribution in [3.63, 3.8) is 0 Å². The zero-order valence-electron chi connectivity index (χ0n) is 8.19. The standard InChI is InChI=1S/C9H19NO/c1-8(2)7(10-4)6-9(8,3)11-5/h7,10H,6H2,1-5H3/t7-,9-/m0/s1. The fourth-order valence-electron chi connectivity index (χ4n) is 1.95. The maximum atomic E-state index is 5.48. The van der Waals surface area contributed by atoms with Gasteiger partial charge in [-0.15, -0.1) is 0 Å². The van der Waals surface area contributed by atoms with Gasteiger partial charge in [-0.25, -0.2) is 0 Å². The number of ether oxygens (including phenoxy) is 1. The summed E-state index contributed by atoms with van der Waals surface area (Å²) in [7, 11) is 3.81. The molecule has 0 amide bonds. The smallest absolute Gasteiger partial charge is 0.0731 e.